The summed E-state index contributed by atoms with van der Waals surface area (Å²) >= 11 is 12.0. The lowest BCUT2D eigenvalue weighted by molar-refractivity contribution is 0.0692. The van der Waals surface area contributed by atoms with E-state index in [4.69, 9.17) is 38.4 Å². The second-order valence-corrected chi connectivity index (χ2v) is 9.62. The summed E-state index contributed by atoms with van der Waals surface area (Å²) in [5.41, 5.74) is 4.15. The molecule has 8 nitrogen and oxygen atoms in total. The number of carbonyl (C=O) groups is 1. The van der Waals surface area contributed by atoms with Gasteiger partial charge in [-0.25, -0.2) is 9.18 Å². The summed E-state index contributed by atoms with van der Waals surface area (Å²) in [4.78, 5) is 24.8. The third-order valence-electron chi connectivity index (χ3n) is 6.69. The van der Waals surface area contributed by atoms with Gasteiger partial charge in [0.25, 0.3) is 0 Å². The molecule has 4 N–H and O–H groups in total. The number of nitrogen functional groups attached to an aromatic ring is 1. The molecule has 0 amide bonds. The van der Waals surface area contributed by atoms with Crippen LogP contribution in [0, 0.1) is 5.82 Å². The number of nitrogens with two attached hydrogens (primary N) is 1. The highest BCUT2D eigenvalue weighted by Gasteiger charge is 2.43. The fourth-order valence-corrected chi connectivity index (χ4v) is 5.46. The Morgan fingerprint density at radius 2 is 2.06 bits per heavy atom. The fourth-order valence-electron chi connectivity index (χ4n) is 5.00. The zero-order valence-corrected chi connectivity index (χ0v) is 20.0. The van der Waals surface area contributed by atoms with Crippen LogP contribution >= 0.6 is 23.2 Å². The molecule has 1 spiro atoms. The van der Waals surface area contributed by atoms with E-state index < -0.39 is 34.0 Å². The van der Waals surface area contributed by atoms with E-state index in [2.05, 4.69) is 5.32 Å². The number of carboxylic acid groups (broad SMARTS) is 1. The fraction of sp³-hybridized carbons (Fsp3) is 0.333. The van der Waals surface area contributed by atoms with Gasteiger partial charge in [-0.15, -0.1) is 0 Å². The highest BCUT2D eigenvalue weighted by molar-refractivity contribution is 6.35. The first-order valence-electron chi connectivity index (χ1n) is 11.1. The minimum Gasteiger partial charge on any atom is -0.490 e. The van der Waals surface area contributed by atoms with Crippen molar-refractivity contribution in [1.82, 2.24) is 4.57 Å². The van der Waals surface area contributed by atoms with Gasteiger partial charge in [0, 0.05) is 17.8 Å². The number of ether oxygens (including phenoxy) is 2. The summed E-state index contributed by atoms with van der Waals surface area (Å²) in [6.45, 7) is 0.526. The molecule has 1 aliphatic heterocycles. The normalized spacial score (nSPS) is 15.9. The van der Waals surface area contributed by atoms with Crippen molar-refractivity contribution in [2.24, 2.45) is 0 Å². The lowest BCUT2D eigenvalue weighted by Crippen LogP contribution is -2.42. The number of rotatable bonds is 6. The number of fused-ring (bicyclic) bond motifs is 1. The molecule has 2 heterocycles. The van der Waals surface area contributed by atoms with Gasteiger partial charge in [-0.05, 0) is 31.0 Å². The van der Waals surface area contributed by atoms with Crippen LogP contribution in [-0.4, -0.2) is 35.4 Å². The van der Waals surface area contributed by atoms with Gasteiger partial charge in [0.05, 0.1) is 27.2 Å². The van der Waals surface area contributed by atoms with Gasteiger partial charge in [-0.2, -0.15) is 0 Å². The molecule has 11 heteroatoms. The van der Waals surface area contributed by atoms with Gasteiger partial charge < -0.3 is 30.2 Å². The van der Waals surface area contributed by atoms with Crippen molar-refractivity contribution in [2.75, 3.05) is 30.8 Å². The lowest BCUT2D eigenvalue weighted by Gasteiger charge is -2.39. The summed E-state index contributed by atoms with van der Waals surface area (Å²) in [6, 6.07) is 4.82. The summed E-state index contributed by atoms with van der Waals surface area (Å²) < 4.78 is 28.9. The van der Waals surface area contributed by atoms with Crippen LogP contribution in [0.5, 0.6) is 11.5 Å². The lowest BCUT2D eigenvalue weighted by atomic mass is 9.93. The summed E-state index contributed by atoms with van der Waals surface area (Å²) in [5.74, 6) is -1.72. The highest BCUT2D eigenvalue weighted by atomic mass is 35.5. The van der Waals surface area contributed by atoms with Crippen LogP contribution in [-0.2, 0) is 5.54 Å². The van der Waals surface area contributed by atoms with Crippen molar-refractivity contribution in [3.63, 3.8) is 0 Å². The van der Waals surface area contributed by atoms with E-state index in [-0.39, 0.29) is 36.6 Å². The first-order valence-corrected chi connectivity index (χ1v) is 11.9. The number of aromatic nitrogens is 1. The second-order valence-electron chi connectivity index (χ2n) is 8.77. The van der Waals surface area contributed by atoms with Crippen molar-refractivity contribution in [3.05, 3.63) is 56.0 Å². The molecule has 1 fully saturated rings. The number of nitrogens with one attached hydrogen (secondary N) is 1. The number of nitrogens with zero attached hydrogens (tertiary/aromatic N) is 1. The molecule has 0 atom stereocenters. The van der Waals surface area contributed by atoms with E-state index in [9.17, 15) is 14.7 Å². The predicted molar refractivity (Wildman–Crippen MR) is 132 cm³/mol. The van der Waals surface area contributed by atoms with Crippen molar-refractivity contribution in [3.8, 4) is 11.5 Å². The van der Waals surface area contributed by atoms with Gasteiger partial charge in [-0.1, -0.05) is 36.0 Å². The SMILES string of the molecule is Nc1c(F)c(NCCOc2ccc(Cl)cc2Cl)c2c3c1c(=O)c(C(=O)O)cn3C1(CCCC1)CO2. The van der Waals surface area contributed by atoms with Crippen LogP contribution in [0.1, 0.15) is 36.0 Å². The summed E-state index contributed by atoms with van der Waals surface area (Å²) in [6.07, 6.45) is 4.71. The van der Waals surface area contributed by atoms with Crippen LogP contribution in [0.15, 0.2) is 29.2 Å². The smallest absolute Gasteiger partial charge is 0.341 e. The largest absolute Gasteiger partial charge is 0.490 e. The topological polar surface area (TPSA) is 116 Å². The molecule has 0 radical (unpaired) electrons. The first-order chi connectivity index (χ1) is 16.7. The van der Waals surface area contributed by atoms with Crippen LogP contribution in [0.25, 0.3) is 10.9 Å². The van der Waals surface area contributed by atoms with E-state index in [1.807, 2.05) is 0 Å². The number of halogens is 3. The Morgan fingerprint density at radius 1 is 1.31 bits per heavy atom. The molecule has 0 unspecified atom stereocenters. The number of carboxylic acids is 1. The van der Waals surface area contributed by atoms with Gasteiger partial charge in [-0.3, -0.25) is 4.79 Å². The highest BCUT2D eigenvalue weighted by Crippen LogP contribution is 2.48. The van der Waals surface area contributed by atoms with Gasteiger partial charge >= 0.3 is 5.97 Å². The molecular weight excluding hydrogens is 500 g/mol. The second kappa shape index (κ2) is 8.80. The van der Waals surface area contributed by atoms with E-state index in [1.54, 1.807) is 22.8 Å². The Labute approximate surface area is 209 Å². The maximum absolute atomic E-state index is 15.4. The zero-order chi connectivity index (χ0) is 24.9. The Balaban J connectivity index is 1.55. The van der Waals surface area contributed by atoms with Crippen LogP contribution in [0.2, 0.25) is 10.0 Å². The van der Waals surface area contributed by atoms with Crippen molar-refractivity contribution >= 4 is 51.4 Å². The molecule has 1 aromatic heterocycles. The van der Waals surface area contributed by atoms with E-state index in [0.717, 1.165) is 25.7 Å². The molecule has 2 aromatic carbocycles. The molecule has 1 saturated carbocycles. The number of hydrogen-bond donors (Lipinski definition) is 3. The molecule has 0 saturated heterocycles. The average molecular weight is 522 g/mol. The van der Waals surface area contributed by atoms with Crippen molar-refractivity contribution < 1.29 is 23.8 Å². The van der Waals surface area contributed by atoms with Crippen LogP contribution < -0.4 is 26.0 Å². The van der Waals surface area contributed by atoms with E-state index >= 15 is 4.39 Å². The number of benzene rings is 2. The third kappa shape index (κ3) is 3.83. The molecular formula is C24H22Cl2FN3O5. The van der Waals surface area contributed by atoms with Crippen LogP contribution in [0.3, 0.4) is 0 Å². The van der Waals surface area contributed by atoms with Gasteiger partial charge in [0.15, 0.2) is 11.6 Å². The first kappa shape index (κ1) is 23.6. The predicted octanol–water partition coefficient (Wildman–Crippen LogP) is 4.88. The molecule has 184 valence electrons. The minimum absolute atomic E-state index is 0.00937. The molecule has 5 rings (SSSR count). The molecule has 2 aliphatic rings. The maximum atomic E-state index is 15.4. The third-order valence-corrected chi connectivity index (χ3v) is 7.22. The molecule has 1 aliphatic carbocycles. The van der Waals surface area contributed by atoms with Gasteiger partial charge in [0.1, 0.15) is 30.2 Å². The Bertz CT molecular complexity index is 1420. The van der Waals surface area contributed by atoms with Gasteiger partial charge in [0.2, 0.25) is 5.43 Å². The summed E-state index contributed by atoms with van der Waals surface area (Å²) in [5, 5.41) is 13.2. The maximum Gasteiger partial charge on any atom is 0.341 e. The molecule has 0 bridgehead atoms. The van der Waals surface area contributed by atoms with E-state index in [1.165, 1.54) is 6.20 Å². The monoisotopic (exact) mass is 521 g/mol. The minimum atomic E-state index is -1.39. The summed E-state index contributed by atoms with van der Waals surface area (Å²) in [7, 11) is 0. The molecule has 35 heavy (non-hydrogen) atoms. The Kier molecular flexibility index (Phi) is 5.93. The average Bonchev–Trinajstić information content (AvgIpc) is 3.28. The Hall–Kier alpha value is -3.17. The van der Waals surface area contributed by atoms with E-state index in [0.29, 0.717) is 21.3 Å². The van der Waals surface area contributed by atoms with Crippen molar-refractivity contribution in [2.45, 2.75) is 31.2 Å². The number of anilines is 2. The van der Waals surface area contributed by atoms with Crippen molar-refractivity contribution in [1.29, 1.82) is 0 Å². The number of aromatic carboxylic acids is 1. The molecule has 3 aromatic rings. The number of pyridine rings is 1. The number of hydrogen-bond acceptors (Lipinski definition) is 6. The quantitative estimate of drug-likeness (QED) is 0.312. The standard InChI is InChI=1S/C24H22Cl2FN3O5/c25-12-3-4-15(14(26)9-12)34-8-7-29-19-17(27)18(28)16-20-22(19)35-11-24(5-1-2-6-24)30(20)10-13(21(16)31)23(32)33/h3-4,9-10,29H,1-2,5-8,11,28H2,(H,32,33). The Morgan fingerprint density at radius 3 is 2.74 bits per heavy atom. The van der Waals surface area contributed by atoms with Crippen LogP contribution in [0.4, 0.5) is 15.8 Å². The zero-order valence-electron chi connectivity index (χ0n) is 18.5.